The Morgan fingerprint density at radius 2 is 1.35 bits per heavy atom. The Bertz CT molecular complexity index is 306. The fourth-order valence-electron chi connectivity index (χ4n) is 1.39. The quantitative estimate of drug-likeness (QED) is 0.463. The molecule has 1 N–H and O–H groups in total. The van der Waals surface area contributed by atoms with Gasteiger partial charge in [-0.05, 0) is 6.42 Å². The number of ketones is 3. The molecule has 0 heterocycles. The smallest absolute Gasteiger partial charge is 0.310 e. The van der Waals surface area contributed by atoms with Crippen LogP contribution in [0.3, 0.4) is 0 Å². The van der Waals surface area contributed by atoms with E-state index in [1.165, 1.54) is 0 Å². The molecule has 0 spiro atoms. The van der Waals surface area contributed by atoms with Gasteiger partial charge in [-0.3, -0.25) is 19.2 Å². The summed E-state index contributed by atoms with van der Waals surface area (Å²) in [5, 5.41) is 8.32. The van der Waals surface area contributed by atoms with Crippen LogP contribution in [0.15, 0.2) is 0 Å². The molecule has 0 radical (unpaired) electrons. The molecule has 0 bridgehead atoms. The van der Waals surface area contributed by atoms with Crippen molar-refractivity contribution >= 4 is 23.3 Å². The molecular weight excluding hydrogens is 224 g/mol. The normalized spacial score (nSPS) is 9.94. The van der Waals surface area contributed by atoms with Gasteiger partial charge in [0.05, 0.1) is 12.8 Å². The van der Waals surface area contributed by atoms with Crippen molar-refractivity contribution in [3.63, 3.8) is 0 Å². The third-order valence-electron chi connectivity index (χ3n) is 2.20. The minimum atomic E-state index is -1.25. The summed E-state index contributed by atoms with van der Waals surface area (Å²) in [5.74, 6) is -2.56. The summed E-state index contributed by atoms with van der Waals surface area (Å²) < 4.78 is 0. The molecule has 5 nitrogen and oxygen atoms in total. The molecular formula is C12H18O5. The zero-order valence-corrected chi connectivity index (χ0v) is 10.0. The van der Waals surface area contributed by atoms with Gasteiger partial charge in [0.2, 0.25) is 0 Å². The van der Waals surface area contributed by atoms with Crippen molar-refractivity contribution in [3.05, 3.63) is 0 Å². The highest BCUT2D eigenvalue weighted by molar-refractivity contribution is 6.10. The highest BCUT2D eigenvalue weighted by atomic mass is 16.4. The number of hydrogen-bond donors (Lipinski definition) is 1. The first-order valence-electron chi connectivity index (χ1n) is 5.72. The third kappa shape index (κ3) is 9.41. The number of unbranched alkanes of at least 4 members (excludes halogenated alkanes) is 2. The van der Waals surface area contributed by atoms with Crippen molar-refractivity contribution in [2.75, 3.05) is 0 Å². The molecule has 0 rings (SSSR count). The summed E-state index contributed by atoms with van der Waals surface area (Å²) in [6.07, 6.45) is 1.69. The molecule has 0 unspecified atom stereocenters. The Kier molecular flexibility index (Phi) is 7.84. The van der Waals surface area contributed by atoms with E-state index >= 15 is 0 Å². The van der Waals surface area contributed by atoms with E-state index in [2.05, 4.69) is 0 Å². The van der Waals surface area contributed by atoms with E-state index in [0.29, 0.717) is 6.42 Å². The Hall–Kier alpha value is -1.52. The van der Waals surface area contributed by atoms with Gasteiger partial charge in [-0.15, -0.1) is 0 Å². The van der Waals surface area contributed by atoms with E-state index in [1.54, 1.807) is 0 Å². The molecule has 0 saturated carbocycles. The first kappa shape index (κ1) is 15.5. The van der Waals surface area contributed by atoms with Crippen LogP contribution in [0, 0.1) is 0 Å². The largest absolute Gasteiger partial charge is 0.481 e. The standard InChI is InChI=1S/C12H18O5/c1-2-3-4-5-9(13)6-10(14)7-11(15)8-12(16)17/h2-8H2,1H3,(H,16,17). The maximum atomic E-state index is 11.3. The van der Waals surface area contributed by atoms with Gasteiger partial charge >= 0.3 is 5.97 Å². The number of rotatable bonds is 10. The minimum absolute atomic E-state index is 0.174. The molecule has 0 aromatic carbocycles. The van der Waals surface area contributed by atoms with E-state index in [1.807, 2.05) is 6.92 Å². The molecule has 0 aromatic rings. The van der Waals surface area contributed by atoms with Crippen LogP contribution in [0.5, 0.6) is 0 Å². The second kappa shape index (κ2) is 8.61. The predicted octanol–water partition coefficient (Wildman–Crippen LogP) is 1.53. The second-order valence-electron chi connectivity index (χ2n) is 4.00. The summed E-state index contributed by atoms with van der Waals surface area (Å²) in [7, 11) is 0. The molecule has 0 saturated heterocycles. The van der Waals surface area contributed by atoms with Gasteiger partial charge in [0.25, 0.3) is 0 Å². The fourth-order valence-corrected chi connectivity index (χ4v) is 1.39. The summed E-state index contributed by atoms with van der Waals surface area (Å²) >= 11 is 0. The average molecular weight is 242 g/mol. The molecule has 0 aromatic heterocycles. The zero-order valence-electron chi connectivity index (χ0n) is 10.0. The summed E-state index contributed by atoms with van der Waals surface area (Å²) in [6.45, 7) is 2.01. The number of Topliss-reactive ketones (excluding diaryl/α,β-unsaturated/α-hetero) is 3. The Morgan fingerprint density at radius 3 is 1.88 bits per heavy atom. The molecule has 0 aliphatic carbocycles. The Balaban J connectivity index is 3.81. The van der Waals surface area contributed by atoms with Crippen LogP contribution >= 0.6 is 0 Å². The highest BCUT2D eigenvalue weighted by Crippen LogP contribution is 2.04. The number of hydrogen-bond acceptors (Lipinski definition) is 4. The summed E-state index contributed by atoms with van der Waals surface area (Å²) in [6, 6.07) is 0. The molecule has 0 fully saturated rings. The monoisotopic (exact) mass is 242 g/mol. The van der Waals surface area contributed by atoms with Crippen LogP contribution in [0.4, 0.5) is 0 Å². The van der Waals surface area contributed by atoms with Crippen molar-refractivity contribution in [1.82, 2.24) is 0 Å². The molecule has 0 atom stereocenters. The Labute approximate surface area is 100 Å². The van der Waals surface area contributed by atoms with Gasteiger partial charge in [-0.2, -0.15) is 0 Å². The fraction of sp³-hybridized carbons (Fsp3) is 0.667. The SMILES string of the molecule is CCCCCC(=O)CC(=O)CC(=O)CC(=O)O. The van der Waals surface area contributed by atoms with E-state index < -0.39 is 30.4 Å². The summed E-state index contributed by atoms with van der Waals surface area (Å²) in [5.41, 5.74) is 0. The van der Waals surface area contributed by atoms with Crippen LogP contribution < -0.4 is 0 Å². The van der Waals surface area contributed by atoms with Crippen LogP contribution in [0.2, 0.25) is 0 Å². The van der Waals surface area contributed by atoms with Gasteiger partial charge in [-0.25, -0.2) is 0 Å². The number of carboxylic acid groups (broad SMARTS) is 1. The lowest BCUT2D eigenvalue weighted by Gasteiger charge is -1.99. The first-order chi connectivity index (χ1) is 7.95. The predicted molar refractivity (Wildman–Crippen MR) is 60.6 cm³/mol. The lowest BCUT2D eigenvalue weighted by molar-refractivity contribution is -0.140. The van der Waals surface area contributed by atoms with Crippen LogP contribution in [-0.4, -0.2) is 28.4 Å². The van der Waals surface area contributed by atoms with Crippen molar-refractivity contribution in [3.8, 4) is 0 Å². The topological polar surface area (TPSA) is 88.5 Å². The number of carboxylic acids is 1. The maximum absolute atomic E-state index is 11.3. The summed E-state index contributed by atoms with van der Waals surface area (Å²) in [4.78, 5) is 43.7. The van der Waals surface area contributed by atoms with Crippen molar-refractivity contribution < 1.29 is 24.3 Å². The molecule has 0 aliphatic rings. The van der Waals surface area contributed by atoms with Crippen LogP contribution in [0.1, 0.15) is 51.9 Å². The molecule has 17 heavy (non-hydrogen) atoms. The van der Waals surface area contributed by atoms with Gasteiger partial charge in [0.15, 0.2) is 5.78 Å². The molecule has 96 valence electrons. The second-order valence-corrected chi connectivity index (χ2v) is 4.00. The van der Waals surface area contributed by atoms with Crippen molar-refractivity contribution in [2.24, 2.45) is 0 Å². The number of carbonyl (C=O) groups is 4. The average Bonchev–Trinajstić information content (AvgIpc) is 2.15. The first-order valence-corrected chi connectivity index (χ1v) is 5.72. The van der Waals surface area contributed by atoms with Crippen LogP contribution in [-0.2, 0) is 19.2 Å². The van der Waals surface area contributed by atoms with Crippen molar-refractivity contribution in [1.29, 1.82) is 0 Å². The van der Waals surface area contributed by atoms with Gasteiger partial charge < -0.3 is 5.11 Å². The highest BCUT2D eigenvalue weighted by Gasteiger charge is 2.15. The van der Waals surface area contributed by atoms with E-state index in [4.69, 9.17) is 5.11 Å². The molecule has 0 amide bonds. The van der Waals surface area contributed by atoms with Gasteiger partial charge in [0.1, 0.15) is 18.0 Å². The van der Waals surface area contributed by atoms with Crippen LogP contribution in [0.25, 0.3) is 0 Å². The Morgan fingerprint density at radius 1 is 0.824 bits per heavy atom. The lowest BCUT2D eigenvalue weighted by Crippen LogP contribution is -2.15. The number of aliphatic carboxylic acids is 1. The minimum Gasteiger partial charge on any atom is -0.481 e. The lowest BCUT2D eigenvalue weighted by atomic mass is 10.0. The van der Waals surface area contributed by atoms with Gasteiger partial charge in [0, 0.05) is 6.42 Å². The number of carbonyl (C=O) groups excluding carboxylic acids is 3. The maximum Gasteiger partial charge on any atom is 0.310 e. The van der Waals surface area contributed by atoms with E-state index in [0.717, 1.165) is 19.3 Å². The molecule has 0 aliphatic heterocycles. The third-order valence-corrected chi connectivity index (χ3v) is 2.20. The van der Waals surface area contributed by atoms with Crippen molar-refractivity contribution in [2.45, 2.75) is 51.9 Å². The zero-order chi connectivity index (χ0) is 13.3. The molecule has 5 heteroatoms. The van der Waals surface area contributed by atoms with E-state index in [9.17, 15) is 19.2 Å². The van der Waals surface area contributed by atoms with Gasteiger partial charge in [-0.1, -0.05) is 19.8 Å². The van der Waals surface area contributed by atoms with E-state index in [-0.39, 0.29) is 12.2 Å².